The van der Waals surface area contributed by atoms with E-state index in [-0.39, 0.29) is 0 Å². The lowest BCUT2D eigenvalue weighted by Crippen LogP contribution is -2.35. The van der Waals surface area contributed by atoms with Crippen LogP contribution in [0.25, 0.3) is 5.95 Å². The van der Waals surface area contributed by atoms with Crippen molar-refractivity contribution in [3.05, 3.63) is 18.5 Å². The molecule has 1 unspecified atom stereocenters. The van der Waals surface area contributed by atoms with E-state index in [1.807, 2.05) is 19.3 Å². The van der Waals surface area contributed by atoms with Gasteiger partial charge in [0.05, 0.1) is 0 Å². The molecule has 1 atom stereocenters. The summed E-state index contributed by atoms with van der Waals surface area (Å²) in [6.07, 6.45) is 5.92. The third kappa shape index (κ3) is 2.68. The average Bonchev–Trinajstić information content (AvgIpc) is 3.17. The molecule has 0 saturated carbocycles. The normalized spacial score (nSPS) is 18.5. The second kappa shape index (κ2) is 5.67. The van der Waals surface area contributed by atoms with Crippen LogP contribution in [0.5, 0.6) is 0 Å². The number of rotatable bonds is 4. The summed E-state index contributed by atoms with van der Waals surface area (Å²) in [6, 6.07) is 2.34. The summed E-state index contributed by atoms with van der Waals surface area (Å²) < 4.78 is 1.66. The van der Waals surface area contributed by atoms with Crippen LogP contribution in [-0.4, -0.2) is 44.4 Å². The van der Waals surface area contributed by atoms with Gasteiger partial charge in [-0.05, 0) is 24.8 Å². The lowest BCUT2D eigenvalue weighted by Gasteiger charge is -2.27. The molecule has 1 fully saturated rings. The fraction of sp³-hybridized carbons (Fsp3) is 0.571. The van der Waals surface area contributed by atoms with Gasteiger partial charge in [0.15, 0.2) is 0 Å². The summed E-state index contributed by atoms with van der Waals surface area (Å²) in [7, 11) is 1.82. The van der Waals surface area contributed by atoms with Crippen molar-refractivity contribution in [2.45, 2.75) is 32.7 Å². The quantitative estimate of drug-likeness (QED) is 0.923. The van der Waals surface area contributed by atoms with Gasteiger partial charge in [-0.1, -0.05) is 13.8 Å². The third-order valence-corrected chi connectivity index (χ3v) is 3.87. The predicted molar refractivity (Wildman–Crippen MR) is 81.7 cm³/mol. The highest BCUT2D eigenvalue weighted by Crippen LogP contribution is 2.28. The van der Waals surface area contributed by atoms with Crippen LogP contribution in [0.4, 0.5) is 11.9 Å². The SMILES string of the molecule is CNc1nc(N2CCCC2C(C)C)nc(-n2cccn2)n1. The number of nitrogens with one attached hydrogen (secondary N) is 1. The molecule has 3 heterocycles. The van der Waals surface area contributed by atoms with Crippen molar-refractivity contribution in [3.8, 4) is 5.95 Å². The molecular formula is C14H21N7. The lowest BCUT2D eigenvalue weighted by molar-refractivity contribution is 0.486. The third-order valence-electron chi connectivity index (χ3n) is 3.87. The molecule has 112 valence electrons. The molecule has 0 aliphatic carbocycles. The monoisotopic (exact) mass is 287 g/mol. The van der Waals surface area contributed by atoms with Gasteiger partial charge in [-0.15, -0.1) is 0 Å². The first-order chi connectivity index (χ1) is 10.2. The highest BCUT2D eigenvalue weighted by Gasteiger charge is 2.29. The summed E-state index contributed by atoms with van der Waals surface area (Å²) >= 11 is 0. The lowest BCUT2D eigenvalue weighted by atomic mass is 10.0. The molecule has 7 heteroatoms. The molecule has 3 rings (SSSR count). The first-order valence-corrected chi connectivity index (χ1v) is 7.39. The van der Waals surface area contributed by atoms with E-state index in [0.29, 0.717) is 23.9 Å². The Kier molecular flexibility index (Phi) is 3.72. The number of hydrogen-bond acceptors (Lipinski definition) is 6. The van der Waals surface area contributed by atoms with Crippen LogP contribution < -0.4 is 10.2 Å². The maximum Gasteiger partial charge on any atom is 0.257 e. The van der Waals surface area contributed by atoms with E-state index in [1.54, 1.807) is 10.9 Å². The van der Waals surface area contributed by atoms with Crippen molar-refractivity contribution in [2.75, 3.05) is 23.8 Å². The molecule has 1 N–H and O–H groups in total. The molecule has 0 radical (unpaired) electrons. The van der Waals surface area contributed by atoms with Gasteiger partial charge in [-0.2, -0.15) is 20.1 Å². The van der Waals surface area contributed by atoms with Crippen LogP contribution in [0, 0.1) is 5.92 Å². The van der Waals surface area contributed by atoms with Gasteiger partial charge in [0.2, 0.25) is 11.9 Å². The van der Waals surface area contributed by atoms with Crippen molar-refractivity contribution in [3.63, 3.8) is 0 Å². The number of nitrogens with zero attached hydrogens (tertiary/aromatic N) is 6. The Morgan fingerprint density at radius 3 is 2.71 bits per heavy atom. The number of aromatic nitrogens is 5. The Morgan fingerprint density at radius 1 is 1.24 bits per heavy atom. The van der Waals surface area contributed by atoms with Crippen molar-refractivity contribution in [1.29, 1.82) is 0 Å². The Morgan fingerprint density at radius 2 is 2.05 bits per heavy atom. The van der Waals surface area contributed by atoms with Crippen molar-refractivity contribution < 1.29 is 0 Å². The molecule has 0 amide bonds. The summed E-state index contributed by atoms with van der Waals surface area (Å²) in [4.78, 5) is 15.8. The zero-order chi connectivity index (χ0) is 14.8. The van der Waals surface area contributed by atoms with E-state index < -0.39 is 0 Å². The Balaban J connectivity index is 2.00. The Bertz CT molecular complexity index is 593. The minimum absolute atomic E-state index is 0.488. The molecule has 1 aliphatic rings. The van der Waals surface area contributed by atoms with E-state index in [4.69, 9.17) is 0 Å². The maximum atomic E-state index is 4.60. The summed E-state index contributed by atoms with van der Waals surface area (Å²) in [5.41, 5.74) is 0. The van der Waals surface area contributed by atoms with Crippen LogP contribution >= 0.6 is 0 Å². The standard InChI is InChI=1S/C14H21N7/c1-10(2)11-6-4-8-20(11)13-17-12(15-3)18-14(19-13)21-9-5-7-16-21/h5,7,9-11H,4,6,8H2,1-3H3,(H,15,17,18,19). The van der Waals surface area contributed by atoms with Gasteiger partial charge in [-0.3, -0.25) is 0 Å². The second-order valence-electron chi connectivity index (χ2n) is 5.61. The highest BCUT2D eigenvalue weighted by atomic mass is 15.4. The topological polar surface area (TPSA) is 71.8 Å². The van der Waals surface area contributed by atoms with Crippen LogP contribution in [0.3, 0.4) is 0 Å². The number of anilines is 2. The van der Waals surface area contributed by atoms with E-state index in [1.165, 1.54) is 12.8 Å². The molecule has 2 aromatic rings. The average molecular weight is 287 g/mol. The molecule has 0 spiro atoms. The van der Waals surface area contributed by atoms with Crippen LogP contribution in [0.1, 0.15) is 26.7 Å². The predicted octanol–water partition coefficient (Wildman–Crippen LogP) is 1.72. The zero-order valence-corrected chi connectivity index (χ0v) is 12.7. The summed E-state index contributed by atoms with van der Waals surface area (Å²) in [5.74, 6) is 2.43. The molecule has 21 heavy (non-hydrogen) atoms. The molecule has 0 aromatic carbocycles. The van der Waals surface area contributed by atoms with Gasteiger partial charge >= 0.3 is 0 Å². The molecule has 1 saturated heterocycles. The molecule has 2 aromatic heterocycles. The number of hydrogen-bond donors (Lipinski definition) is 1. The van der Waals surface area contributed by atoms with E-state index >= 15 is 0 Å². The summed E-state index contributed by atoms with van der Waals surface area (Å²) in [6.45, 7) is 5.49. The zero-order valence-electron chi connectivity index (χ0n) is 12.7. The van der Waals surface area contributed by atoms with Gasteiger partial charge in [-0.25, -0.2) is 4.68 Å². The van der Waals surface area contributed by atoms with Gasteiger partial charge in [0, 0.05) is 32.0 Å². The molecule has 1 aliphatic heterocycles. The van der Waals surface area contributed by atoms with E-state index in [0.717, 1.165) is 12.5 Å². The minimum Gasteiger partial charge on any atom is -0.357 e. The van der Waals surface area contributed by atoms with E-state index in [9.17, 15) is 0 Å². The Labute approximate surface area is 124 Å². The van der Waals surface area contributed by atoms with Crippen molar-refractivity contribution >= 4 is 11.9 Å². The summed E-state index contributed by atoms with van der Waals surface area (Å²) in [5, 5.41) is 7.21. The van der Waals surface area contributed by atoms with E-state index in [2.05, 4.69) is 44.1 Å². The fourth-order valence-electron chi connectivity index (χ4n) is 2.82. The van der Waals surface area contributed by atoms with Crippen LogP contribution in [-0.2, 0) is 0 Å². The van der Waals surface area contributed by atoms with Crippen LogP contribution in [0.2, 0.25) is 0 Å². The van der Waals surface area contributed by atoms with Crippen molar-refractivity contribution in [1.82, 2.24) is 24.7 Å². The van der Waals surface area contributed by atoms with Crippen molar-refractivity contribution in [2.24, 2.45) is 5.92 Å². The first kappa shape index (κ1) is 13.8. The maximum absolute atomic E-state index is 4.60. The smallest absolute Gasteiger partial charge is 0.257 e. The molecule has 0 bridgehead atoms. The van der Waals surface area contributed by atoms with Gasteiger partial charge in [0.25, 0.3) is 5.95 Å². The van der Waals surface area contributed by atoms with Gasteiger partial charge in [0.1, 0.15) is 0 Å². The van der Waals surface area contributed by atoms with Gasteiger partial charge < -0.3 is 10.2 Å². The second-order valence-corrected chi connectivity index (χ2v) is 5.61. The fourth-order valence-corrected chi connectivity index (χ4v) is 2.82. The van der Waals surface area contributed by atoms with Crippen LogP contribution in [0.15, 0.2) is 18.5 Å². The molecular weight excluding hydrogens is 266 g/mol. The highest BCUT2D eigenvalue weighted by molar-refractivity contribution is 5.41. The molecule has 7 nitrogen and oxygen atoms in total. The minimum atomic E-state index is 0.488. The first-order valence-electron chi connectivity index (χ1n) is 7.39. The largest absolute Gasteiger partial charge is 0.357 e. The Hall–Kier alpha value is -2.18.